The van der Waals surface area contributed by atoms with E-state index in [0.717, 1.165) is 0 Å². The summed E-state index contributed by atoms with van der Waals surface area (Å²) in [7, 11) is 1.50. The van der Waals surface area contributed by atoms with Gasteiger partial charge in [0, 0.05) is 0 Å². The Morgan fingerprint density at radius 2 is 1.87 bits per heavy atom. The molecule has 1 aliphatic rings. The maximum absolute atomic E-state index is 12.9. The number of urea groups is 1. The van der Waals surface area contributed by atoms with Crippen LogP contribution in [-0.4, -0.2) is 43.5 Å². The zero-order valence-corrected chi connectivity index (χ0v) is 17.1. The third kappa shape index (κ3) is 4.57. The van der Waals surface area contributed by atoms with Crippen LogP contribution in [0.1, 0.15) is 25.0 Å². The molecule has 3 amide bonds. The van der Waals surface area contributed by atoms with Crippen molar-refractivity contribution in [3.8, 4) is 17.2 Å². The van der Waals surface area contributed by atoms with Gasteiger partial charge in [0.25, 0.3) is 5.91 Å². The Morgan fingerprint density at radius 1 is 1.16 bits per heavy atom. The Balaban J connectivity index is 1.80. The molecule has 1 N–H and O–H groups in total. The van der Waals surface area contributed by atoms with Crippen molar-refractivity contribution in [1.82, 2.24) is 10.3 Å². The molecule has 1 fully saturated rings. The van der Waals surface area contributed by atoms with Crippen LogP contribution in [-0.2, 0) is 10.3 Å². The van der Waals surface area contributed by atoms with Gasteiger partial charge < -0.3 is 19.5 Å². The lowest BCUT2D eigenvalue weighted by molar-refractivity contribution is -0.131. The van der Waals surface area contributed by atoms with E-state index < -0.39 is 24.1 Å². The summed E-state index contributed by atoms with van der Waals surface area (Å²) in [6, 6.07) is 9.80. The smallest absolute Gasteiger partial charge is 0.387 e. The molecule has 0 aromatic heterocycles. The second-order valence-corrected chi connectivity index (χ2v) is 6.66. The first kappa shape index (κ1) is 22.0. The third-order valence-corrected chi connectivity index (χ3v) is 4.64. The predicted octanol–water partition coefficient (Wildman–Crippen LogP) is 3.50. The summed E-state index contributed by atoms with van der Waals surface area (Å²) in [6.07, 6.45) is 1.35. The highest BCUT2D eigenvalue weighted by atomic mass is 19.3. The highest BCUT2D eigenvalue weighted by molar-refractivity contribution is 6.07. The van der Waals surface area contributed by atoms with Crippen LogP contribution in [0.4, 0.5) is 13.6 Å². The molecule has 31 heavy (non-hydrogen) atoms. The van der Waals surface area contributed by atoms with Gasteiger partial charge >= 0.3 is 12.6 Å². The quantitative estimate of drug-likeness (QED) is 0.509. The summed E-state index contributed by atoms with van der Waals surface area (Å²) in [4.78, 5) is 25.3. The van der Waals surface area contributed by atoms with E-state index >= 15 is 0 Å². The highest BCUT2D eigenvalue weighted by Crippen LogP contribution is 2.31. The van der Waals surface area contributed by atoms with Gasteiger partial charge in [-0.15, -0.1) is 5.01 Å². The van der Waals surface area contributed by atoms with Gasteiger partial charge in [-0.25, -0.2) is 4.79 Å². The van der Waals surface area contributed by atoms with Crippen molar-refractivity contribution in [1.29, 1.82) is 0 Å². The molecular formula is C21H21F2N3O5. The van der Waals surface area contributed by atoms with Gasteiger partial charge in [-0.05, 0) is 55.3 Å². The summed E-state index contributed by atoms with van der Waals surface area (Å²) in [6.45, 7) is 0.870. The van der Waals surface area contributed by atoms with E-state index in [1.807, 2.05) is 6.92 Å². The molecule has 3 rings (SSSR count). The Hall–Kier alpha value is -3.69. The molecule has 0 aliphatic carbocycles. The Kier molecular flexibility index (Phi) is 6.38. The van der Waals surface area contributed by atoms with E-state index in [9.17, 15) is 18.4 Å². The van der Waals surface area contributed by atoms with Gasteiger partial charge in [0.05, 0.1) is 19.9 Å². The topological polar surface area (TPSA) is 89.5 Å². The van der Waals surface area contributed by atoms with Crippen LogP contribution in [0.15, 0.2) is 47.6 Å². The molecule has 0 spiro atoms. The van der Waals surface area contributed by atoms with Crippen LogP contribution in [0, 0.1) is 0 Å². The first-order valence-electron chi connectivity index (χ1n) is 9.35. The number of nitrogens with zero attached hydrogens (tertiary/aromatic N) is 2. The number of hydrazone groups is 1. The molecule has 2 aromatic rings. The lowest BCUT2D eigenvalue weighted by Gasteiger charge is -2.21. The van der Waals surface area contributed by atoms with Gasteiger partial charge in [-0.2, -0.15) is 13.9 Å². The first-order chi connectivity index (χ1) is 14.8. The van der Waals surface area contributed by atoms with Gasteiger partial charge in [-0.3, -0.25) is 4.79 Å². The van der Waals surface area contributed by atoms with Crippen LogP contribution in [0.3, 0.4) is 0 Å². The van der Waals surface area contributed by atoms with Crippen LogP contribution in [0.25, 0.3) is 0 Å². The Morgan fingerprint density at radius 3 is 2.48 bits per heavy atom. The molecule has 1 saturated heterocycles. The minimum atomic E-state index is -2.96. The summed E-state index contributed by atoms with van der Waals surface area (Å²) in [5, 5.41) is 7.31. The molecule has 1 heterocycles. The predicted molar refractivity (Wildman–Crippen MR) is 108 cm³/mol. The number of ether oxygens (including phenoxy) is 3. The fraction of sp³-hybridized carbons (Fsp3) is 0.286. The fourth-order valence-corrected chi connectivity index (χ4v) is 3.06. The van der Waals surface area contributed by atoms with Crippen molar-refractivity contribution < 1.29 is 32.6 Å². The number of carbonyl (C=O) groups excluding carboxylic acids is 2. The van der Waals surface area contributed by atoms with Gasteiger partial charge in [0.2, 0.25) is 0 Å². The monoisotopic (exact) mass is 433 g/mol. The molecule has 0 unspecified atom stereocenters. The molecule has 0 radical (unpaired) electrons. The molecule has 2 aromatic carbocycles. The lowest BCUT2D eigenvalue weighted by atomic mass is 9.92. The minimum Gasteiger partial charge on any atom is -0.493 e. The molecule has 1 atom stereocenters. The molecule has 1 aliphatic heterocycles. The average Bonchev–Trinajstić information content (AvgIpc) is 2.96. The number of hydrogen-bond acceptors (Lipinski definition) is 6. The maximum Gasteiger partial charge on any atom is 0.387 e. The second-order valence-electron chi connectivity index (χ2n) is 6.66. The standard InChI is InChI=1S/C21H21F2N3O5/c1-4-30-16-10-5-13(11-17(16)29-3)12-24-26-18(27)21(2,25-20(26)28)14-6-8-15(9-7-14)31-19(22)23/h5-12,19H,4H2,1-3H3,(H,25,28)/b24-12-/t21-/m1/s1. The van der Waals surface area contributed by atoms with E-state index in [0.29, 0.717) is 34.2 Å². The number of imide groups is 1. The van der Waals surface area contributed by atoms with Crippen molar-refractivity contribution in [2.75, 3.05) is 13.7 Å². The normalized spacial score (nSPS) is 18.6. The van der Waals surface area contributed by atoms with Crippen molar-refractivity contribution in [2.45, 2.75) is 26.0 Å². The zero-order chi connectivity index (χ0) is 22.6. The van der Waals surface area contributed by atoms with Crippen molar-refractivity contribution in [3.05, 3.63) is 53.6 Å². The molecule has 164 valence electrons. The van der Waals surface area contributed by atoms with Crippen LogP contribution >= 0.6 is 0 Å². The average molecular weight is 433 g/mol. The number of halogens is 2. The Labute approximate surface area is 177 Å². The third-order valence-electron chi connectivity index (χ3n) is 4.64. The molecule has 0 saturated carbocycles. The summed E-state index contributed by atoms with van der Waals surface area (Å²) < 4.78 is 39.7. The van der Waals surface area contributed by atoms with Crippen molar-refractivity contribution >= 4 is 18.2 Å². The van der Waals surface area contributed by atoms with E-state index in [1.165, 1.54) is 44.5 Å². The van der Waals surface area contributed by atoms with Gasteiger partial charge in [0.1, 0.15) is 11.3 Å². The summed E-state index contributed by atoms with van der Waals surface area (Å²) in [5.41, 5.74) is -0.426. The van der Waals surface area contributed by atoms with Crippen molar-refractivity contribution in [2.24, 2.45) is 5.10 Å². The van der Waals surface area contributed by atoms with E-state index in [1.54, 1.807) is 18.2 Å². The maximum atomic E-state index is 12.9. The highest BCUT2D eigenvalue weighted by Gasteiger charge is 2.49. The number of methoxy groups -OCH3 is 1. The largest absolute Gasteiger partial charge is 0.493 e. The Bertz CT molecular complexity index is 997. The number of benzene rings is 2. The molecule has 10 heteroatoms. The summed E-state index contributed by atoms with van der Waals surface area (Å²) >= 11 is 0. The molecule has 8 nitrogen and oxygen atoms in total. The number of amides is 3. The van der Waals surface area contributed by atoms with Crippen LogP contribution in [0.2, 0.25) is 0 Å². The van der Waals surface area contributed by atoms with E-state index in [2.05, 4.69) is 15.2 Å². The minimum absolute atomic E-state index is 0.0570. The molecule has 0 bridgehead atoms. The van der Waals surface area contributed by atoms with Crippen LogP contribution < -0.4 is 19.5 Å². The number of alkyl halides is 2. The SMILES string of the molecule is CCOc1ccc(/C=N\N2C(=O)N[C@](C)(c3ccc(OC(F)F)cc3)C2=O)cc1OC. The van der Waals surface area contributed by atoms with Crippen LogP contribution in [0.5, 0.6) is 17.2 Å². The van der Waals surface area contributed by atoms with Gasteiger partial charge in [-0.1, -0.05) is 12.1 Å². The van der Waals surface area contributed by atoms with E-state index in [4.69, 9.17) is 9.47 Å². The second kappa shape index (κ2) is 8.99. The lowest BCUT2D eigenvalue weighted by Crippen LogP contribution is -2.40. The van der Waals surface area contributed by atoms with E-state index in [-0.39, 0.29) is 5.75 Å². The first-order valence-corrected chi connectivity index (χ1v) is 9.35. The summed E-state index contributed by atoms with van der Waals surface area (Å²) in [5.74, 6) is 0.371. The van der Waals surface area contributed by atoms with Crippen molar-refractivity contribution in [3.63, 3.8) is 0 Å². The number of nitrogens with one attached hydrogen (secondary N) is 1. The number of rotatable bonds is 8. The van der Waals surface area contributed by atoms with Gasteiger partial charge in [0.15, 0.2) is 11.5 Å². The number of hydrogen-bond donors (Lipinski definition) is 1. The molecular weight excluding hydrogens is 412 g/mol. The fourth-order valence-electron chi connectivity index (χ4n) is 3.06. The number of carbonyl (C=O) groups is 2. The zero-order valence-electron chi connectivity index (χ0n) is 17.1.